The Balaban J connectivity index is 1.79. The summed E-state index contributed by atoms with van der Waals surface area (Å²) in [6.07, 6.45) is 8.10. The van der Waals surface area contributed by atoms with Crippen molar-refractivity contribution in [2.75, 3.05) is 7.05 Å². The predicted octanol–water partition coefficient (Wildman–Crippen LogP) is 5.31. The van der Waals surface area contributed by atoms with Crippen molar-refractivity contribution in [1.29, 1.82) is 0 Å². The molecule has 0 radical (unpaired) electrons. The molecule has 0 fully saturated rings. The molecule has 2 aromatic rings. The minimum Gasteiger partial charge on any atom is -0.316 e. The first-order chi connectivity index (χ1) is 11.2. The average molecular weight is 307 g/mol. The lowest BCUT2D eigenvalue weighted by Gasteiger charge is -2.11. The van der Waals surface area contributed by atoms with Crippen molar-refractivity contribution in [2.24, 2.45) is 0 Å². The fourth-order valence-electron chi connectivity index (χ4n) is 2.95. The number of rotatable bonds is 9. The summed E-state index contributed by atoms with van der Waals surface area (Å²) in [6, 6.07) is 15.6. The third kappa shape index (κ3) is 5.69. The Kier molecular flexibility index (Phi) is 7.09. The second-order valence-electron chi connectivity index (χ2n) is 6.31. The molecule has 0 aliphatic rings. The van der Waals surface area contributed by atoms with Gasteiger partial charge in [-0.2, -0.15) is 0 Å². The van der Waals surface area contributed by atoms with Crippen LogP contribution in [-0.2, 0) is 19.4 Å². The van der Waals surface area contributed by atoms with Crippen molar-refractivity contribution in [1.82, 2.24) is 5.32 Å². The highest BCUT2D eigenvalue weighted by atomic mass is 14.8. The normalized spacial score (nSPS) is 10.7. The third-order valence-electron chi connectivity index (χ3n) is 4.37. The highest BCUT2D eigenvalue weighted by Crippen LogP contribution is 2.17. The molecule has 2 rings (SSSR count). The van der Waals surface area contributed by atoms with E-state index in [1.54, 1.807) is 0 Å². The number of unbranched alkanes of at least 4 members (excludes halogenated alkanes) is 2. The molecule has 0 heterocycles. The zero-order valence-electron chi connectivity index (χ0n) is 14.6. The summed E-state index contributed by atoms with van der Waals surface area (Å²) in [5, 5.41) is 3.27. The van der Waals surface area contributed by atoms with Crippen LogP contribution in [0.15, 0.2) is 49.0 Å². The lowest BCUT2D eigenvalue weighted by Crippen LogP contribution is -2.08. The van der Waals surface area contributed by atoms with Gasteiger partial charge in [0.15, 0.2) is 0 Å². The molecular weight excluding hydrogens is 278 g/mol. The van der Waals surface area contributed by atoms with Gasteiger partial charge in [-0.05, 0) is 61.9 Å². The van der Waals surface area contributed by atoms with E-state index in [9.17, 15) is 0 Å². The highest BCUT2D eigenvalue weighted by molar-refractivity contribution is 5.50. The highest BCUT2D eigenvalue weighted by Gasteiger charge is 2.03. The average Bonchev–Trinajstić information content (AvgIpc) is 2.57. The first kappa shape index (κ1) is 17.5. The van der Waals surface area contributed by atoms with Crippen LogP contribution in [0.3, 0.4) is 0 Å². The quantitative estimate of drug-likeness (QED) is 0.619. The van der Waals surface area contributed by atoms with Gasteiger partial charge in [-0.15, -0.1) is 0 Å². The fourth-order valence-corrected chi connectivity index (χ4v) is 2.95. The van der Waals surface area contributed by atoms with Crippen molar-refractivity contribution < 1.29 is 0 Å². The Bertz CT molecular complexity index is 610. The predicted molar refractivity (Wildman–Crippen MR) is 102 cm³/mol. The van der Waals surface area contributed by atoms with Crippen LogP contribution in [-0.4, -0.2) is 7.05 Å². The van der Waals surface area contributed by atoms with Crippen molar-refractivity contribution in [2.45, 2.75) is 45.6 Å². The van der Waals surface area contributed by atoms with Gasteiger partial charge in [0.2, 0.25) is 0 Å². The summed E-state index contributed by atoms with van der Waals surface area (Å²) in [6.45, 7) is 6.94. The maximum Gasteiger partial charge on any atom is 0.0205 e. The van der Waals surface area contributed by atoms with Gasteiger partial charge in [-0.3, -0.25) is 0 Å². The van der Waals surface area contributed by atoms with E-state index in [4.69, 9.17) is 0 Å². The van der Waals surface area contributed by atoms with Crippen LogP contribution < -0.4 is 5.32 Å². The van der Waals surface area contributed by atoms with Crippen LogP contribution in [0.4, 0.5) is 0 Å². The molecule has 122 valence electrons. The smallest absolute Gasteiger partial charge is 0.0205 e. The lowest BCUT2D eigenvalue weighted by atomic mass is 9.97. The van der Waals surface area contributed by atoms with E-state index >= 15 is 0 Å². The molecule has 0 saturated heterocycles. The van der Waals surface area contributed by atoms with Gasteiger partial charge in [0.1, 0.15) is 0 Å². The zero-order valence-corrected chi connectivity index (χ0v) is 14.6. The van der Waals surface area contributed by atoms with E-state index in [0.717, 1.165) is 6.54 Å². The first-order valence-electron chi connectivity index (χ1n) is 8.67. The molecule has 0 bridgehead atoms. The fraction of sp³-hybridized carbons (Fsp3) is 0.364. The maximum absolute atomic E-state index is 3.86. The minimum absolute atomic E-state index is 0.931. The van der Waals surface area contributed by atoms with Gasteiger partial charge in [0.05, 0.1) is 0 Å². The molecule has 23 heavy (non-hydrogen) atoms. The van der Waals surface area contributed by atoms with Gasteiger partial charge in [0.25, 0.3) is 0 Å². The van der Waals surface area contributed by atoms with Gasteiger partial charge < -0.3 is 5.32 Å². The van der Waals surface area contributed by atoms with Crippen LogP contribution in [0, 0.1) is 6.92 Å². The van der Waals surface area contributed by atoms with Crippen molar-refractivity contribution in [3.8, 4) is 0 Å². The number of nitrogens with one attached hydrogen (secondary N) is 1. The molecule has 0 amide bonds. The second kappa shape index (κ2) is 9.32. The molecule has 2 aromatic carbocycles. The van der Waals surface area contributed by atoms with E-state index in [0.29, 0.717) is 0 Å². The van der Waals surface area contributed by atoms with E-state index in [2.05, 4.69) is 61.3 Å². The monoisotopic (exact) mass is 307 g/mol. The molecule has 0 aliphatic carbocycles. The van der Waals surface area contributed by atoms with E-state index in [1.165, 1.54) is 59.9 Å². The Morgan fingerprint density at radius 2 is 1.65 bits per heavy atom. The van der Waals surface area contributed by atoms with Gasteiger partial charge in [0, 0.05) is 6.54 Å². The largest absolute Gasteiger partial charge is 0.316 e. The van der Waals surface area contributed by atoms with E-state index in [1.807, 2.05) is 13.1 Å². The summed E-state index contributed by atoms with van der Waals surface area (Å²) in [7, 11) is 2.01. The van der Waals surface area contributed by atoms with Crippen molar-refractivity contribution >= 4 is 6.08 Å². The number of aryl methyl sites for hydroxylation is 3. The topological polar surface area (TPSA) is 12.0 Å². The molecular formula is C22H29N. The molecule has 0 aliphatic heterocycles. The molecule has 0 aromatic heterocycles. The molecule has 1 heteroatoms. The van der Waals surface area contributed by atoms with Gasteiger partial charge in [-0.25, -0.2) is 0 Å². The number of benzene rings is 2. The van der Waals surface area contributed by atoms with Crippen molar-refractivity contribution in [3.05, 3.63) is 76.9 Å². The summed E-state index contributed by atoms with van der Waals surface area (Å²) in [5.74, 6) is 0. The Morgan fingerprint density at radius 1 is 0.913 bits per heavy atom. The second-order valence-corrected chi connectivity index (χ2v) is 6.31. The molecule has 0 saturated carbocycles. The van der Waals surface area contributed by atoms with Crippen LogP contribution in [0.2, 0.25) is 0 Å². The Hall–Kier alpha value is -1.86. The first-order valence-corrected chi connectivity index (χ1v) is 8.67. The molecule has 1 N–H and O–H groups in total. The summed E-state index contributed by atoms with van der Waals surface area (Å²) < 4.78 is 0. The number of hydrogen-bond donors (Lipinski definition) is 1. The molecule has 0 unspecified atom stereocenters. The van der Waals surface area contributed by atoms with Crippen LogP contribution in [0.1, 0.15) is 47.1 Å². The van der Waals surface area contributed by atoms with Crippen LogP contribution in [0.25, 0.3) is 6.08 Å². The van der Waals surface area contributed by atoms with Crippen molar-refractivity contribution in [3.63, 3.8) is 0 Å². The maximum atomic E-state index is 3.86. The molecule has 0 atom stereocenters. The summed E-state index contributed by atoms with van der Waals surface area (Å²) in [4.78, 5) is 0. The number of hydrogen-bond acceptors (Lipinski definition) is 1. The van der Waals surface area contributed by atoms with Crippen LogP contribution in [0.5, 0.6) is 0 Å². The molecule has 0 spiro atoms. The standard InChI is InChI=1S/C22H29N/c1-4-19-14-15-21(22(16-19)17-23-3)9-7-5-6-8-20-12-10-18(2)11-13-20/h4,10-16,23H,1,5-9,17H2,2-3H3. The summed E-state index contributed by atoms with van der Waals surface area (Å²) in [5.41, 5.74) is 6.89. The van der Waals surface area contributed by atoms with Gasteiger partial charge >= 0.3 is 0 Å². The molecule has 1 nitrogen and oxygen atoms in total. The van der Waals surface area contributed by atoms with E-state index < -0.39 is 0 Å². The third-order valence-corrected chi connectivity index (χ3v) is 4.37. The zero-order chi connectivity index (χ0) is 16.5. The van der Waals surface area contributed by atoms with E-state index in [-0.39, 0.29) is 0 Å². The lowest BCUT2D eigenvalue weighted by molar-refractivity contribution is 0.673. The van der Waals surface area contributed by atoms with Gasteiger partial charge in [-0.1, -0.05) is 67.1 Å². The van der Waals surface area contributed by atoms with Crippen LogP contribution >= 0.6 is 0 Å². The Labute approximate surface area is 141 Å². The Morgan fingerprint density at radius 3 is 2.35 bits per heavy atom. The minimum atomic E-state index is 0.931. The summed E-state index contributed by atoms with van der Waals surface area (Å²) >= 11 is 0. The SMILES string of the molecule is C=Cc1ccc(CCCCCc2ccc(C)cc2)c(CNC)c1.